The molecular weight excluding hydrogens is 356 g/mol. The predicted molar refractivity (Wildman–Crippen MR) is 120 cm³/mol. The first kappa shape index (κ1) is 17.3. The molecule has 1 heterocycles. The molecule has 4 aromatic carbocycles. The van der Waals surface area contributed by atoms with Crippen LogP contribution < -0.4 is 5.32 Å². The van der Waals surface area contributed by atoms with E-state index in [0.29, 0.717) is 5.56 Å². The fourth-order valence-electron chi connectivity index (χ4n) is 4.08. The Labute approximate surface area is 169 Å². The minimum Gasteiger partial charge on any atom is -0.343 e. The molecule has 0 aliphatic carbocycles. The molecule has 0 aliphatic rings. The van der Waals surface area contributed by atoms with E-state index in [1.165, 1.54) is 0 Å². The van der Waals surface area contributed by atoms with Gasteiger partial charge in [0.1, 0.15) is 0 Å². The van der Waals surface area contributed by atoms with Crippen LogP contribution in [0, 0.1) is 0 Å². The summed E-state index contributed by atoms with van der Waals surface area (Å²) in [4.78, 5) is 13.6. The number of fused-ring (bicyclic) bond motifs is 2. The zero-order chi connectivity index (χ0) is 19.8. The Hall–Kier alpha value is -3.85. The SMILES string of the molecule is Cn1c(-c2ccccc2)c(C(=O)Nc2cccc3ccccc23)c2ccccc21. The normalized spacial score (nSPS) is 11.1. The second-order valence-electron chi connectivity index (χ2n) is 7.15. The molecule has 0 bridgehead atoms. The second kappa shape index (κ2) is 6.95. The molecule has 0 spiro atoms. The molecule has 0 radical (unpaired) electrons. The van der Waals surface area contributed by atoms with Crippen LogP contribution in [0.3, 0.4) is 0 Å². The highest BCUT2D eigenvalue weighted by atomic mass is 16.1. The molecular formula is C26H20N2O. The van der Waals surface area contributed by atoms with Gasteiger partial charge in [-0.3, -0.25) is 4.79 Å². The van der Waals surface area contributed by atoms with Gasteiger partial charge in [0.05, 0.1) is 11.3 Å². The molecule has 0 atom stereocenters. The highest BCUT2D eigenvalue weighted by Gasteiger charge is 2.22. The lowest BCUT2D eigenvalue weighted by Gasteiger charge is -2.11. The van der Waals surface area contributed by atoms with Crippen LogP contribution in [0.5, 0.6) is 0 Å². The van der Waals surface area contributed by atoms with Crippen molar-refractivity contribution in [1.82, 2.24) is 4.57 Å². The van der Waals surface area contributed by atoms with Gasteiger partial charge in [0.2, 0.25) is 0 Å². The fourth-order valence-corrected chi connectivity index (χ4v) is 4.08. The second-order valence-corrected chi connectivity index (χ2v) is 7.15. The molecule has 0 unspecified atom stereocenters. The quantitative estimate of drug-likeness (QED) is 0.397. The molecule has 0 saturated heterocycles. The molecule has 3 heteroatoms. The van der Waals surface area contributed by atoms with Crippen LogP contribution in [0.1, 0.15) is 10.4 Å². The third kappa shape index (κ3) is 2.88. The zero-order valence-electron chi connectivity index (χ0n) is 16.1. The van der Waals surface area contributed by atoms with E-state index in [2.05, 4.69) is 28.1 Å². The Bertz CT molecular complexity index is 1340. The van der Waals surface area contributed by atoms with Gasteiger partial charge in [-0.1, -0.05) is 84.9 Å². The Morgan fingerprint density at radius 2 is 1.38 bits per heavy atom. The molecule has 1 amide bonds. The van der Waals surface area contributed by atoms with Gasteiger partial charge in [0.15, 0.2) is 0 Å². The van der Waals surface area contributed by atoms with E-state index in [4.69, 9.17) is 0 Å². The van der Waals surface area contributed by atoms with E-state index >= 15 is 0 Å². The van der Waals surface area contributed by atoms with Crippen molar-refractivity contribution in [2.45, 2.75) is 0 Å². The summed E-state index contributed by atoms with van der Waals surface area (Å²) in [6.45, 7) is 0. The summed E-state index contributed by atoms with van der Waals surface area (Å²) in [7, 11) is 2.01. The first-order chi connectivity index (χ1) is 14.2. The molecule has 1 N–H and O–H groups in total. The lowest BCUT2D eigenvalue weighted by Crippen LogP contribution is -2.13. The van der Waals surface area contributed by atoms with E-state index in [-0.39, 0.29) is 5.91 Å². The largest absolute Gasteiger partial charge is 0.343 e. The molecule has 0 fully saturated rings. The summed E-state index contributed by atoms with van der Waals surface area (Å²) in [6.07, 6.45) is 0. The topological polar surface area (TPSA) is 34.0 Å². The van der Waals surface area contributed by atoms with Crippen molar-refractivity contribution < 1.29 is 4.79 Å². The summed E-state index contributed by atoms with van der Waals surface area (Å²) in [5.74, 6) is -0.1000. The average Bonchev–Trinajstić information content (AvgIpc) is 3.07. The van der Waals surface area contributed by atoms with Crippen LogP contribution in [0.15, 0.2) is 97.1 Å². The molecule has 140 valence electrons. The van der Waals surface area contributed by atoms with Crippen molar-refractivity contribution >= 4 is 33.3 Å². The number of aryl methyl sites for hydroxylation is 1. The van der Waals surface area contributed by atoms with Crippen molar-refractivity contribution in [2.75, 3.05) is 5.32 Å². The molecule has 5 rings (SSSR count). The van der Waals surface area contributed by atoms with Crippen molar-refractivity contribution in [3.05, 3.63) is 103 Å². The molecule has 5 aromatic rings. The van der Waals surface area contributed by atoms with E-state index in [9.17, 15) is 4.79 Å². The number of amides is 1. The first-order valence-electron chi connectivity index (χ1n) is 9.66. The van der Waals surface area contributed by atoms with Gasteiger partial charge in [0.25, 0.3) is 5.91 Å². The number of hydrogen-bond donors (Lipinski definition) is 1. The van der Waals surface area contributed by atoms with Gasteiger partial charge in [-0.05, 0) is 23.1 Å². The lowest BCUT2D eigenvalue weighted by atomic mass is 10.0. The first-order valence-corrected chi connectivity index (χ1v) is 9.66. The summed E-state index contributed by atoms with van der Waals surface area (Å²) < 4.78 is 2.10. The monoisotopic (exact) mass is 376 g/mol. The van der Waals surface area contributed by atoms with Crippen molar-refractivity contribution in [3.63, 3.8) is 0 Å². The number of rotatable bonds is 3. The zero-order valence-corrected chi connectivity index (χ0v) is 16.1. The van der Waals surface area contributed by atoms with E-state index in [1.54, 1.807) is 0 Å². The molecule has 1 aromatic heterocycles. The summed E-state index contributed by atoms with van der Waals surface area (Å²) in [5.41, 5.74) is 4.50. The Balaban J connectivity index is 1.69. The summed E-state index contributed by atoms with van der Waals surface area (Å²) in [5, 5.41) is 6.25. The third-order valence-electron chi connectivity index (χ3n) is 5.42. The molecule has 0 saturated carbocycles. The predicted octanol–water partition coefficient (Wildman–Crippen LogP) is 6.25. The number of benzene rings is 4. The fraction of sp³-hybridized carbons (Fsp3) is 0.0385. The molecule has 29 heavy (non-hydrogen) atoms. The van der Waals surface area contributed by atoms with Crippen molar-refractivity contribution in [2.24, 2.45) is 7.05 Å². The van der Waals surface area contributed by atoms with Crippen LogP contribution in [0.4, 0.5) is 5.69 Å². The van der Waals surface area contributed by atoms with Gasteiger partial charge in [0, 0.05) is 29.0 Å². The van der Waals surface area contributed by atoms with Gasteiger partial charge >= 0.3 is 0 Å². The van der Waals surface area contributed by atoms with Crippen LogP contribution >= 0.6 is 0 Å². The highest BCUT2D eigenvalue weighted by molar-refractivity contribution is 6.19. The van der Waals surface area contributed by atoms with Crippen LogP contribution in [0.2, 0.25) is 0 Å². The van der Waals surface area contributed by atoms with Gasteiger partial charge < -0.3 is 9.88 Å². The lowest BCUT2D eigenvalue weighted by molar-refractivity contribution is 0.102. The maximum atomic E-state index is 13.6. The highest BCUT2D eigenvalue weighted by Crippen LogP contribution is 2.34. The minimum absolute atomic E-state index is 0.1000. The number of anilines is 1. The van der Waals surface area contributed by atoms with Gasteiger partial charge in [-0.15, -0.1) is 0 Å². The average molecular weight is 376 g/mol. The Morgan fingerprint density at radius 1 is 0.724 bits per heavy atom. The number of nitrogens with zero attached hydrogens (tertiary/aromatic N) is 1. The van der Waals surface area contributed by atoms with Crippen molar-refractivity contribution in [1.29, 1.82) is 0 Å². The Morgan fingerprint density at radius 3 is 2.21 bits per heavy atom. The van der Waals surface area contributed by atoms with Crippen LogP contribution in [-0.2, 0) is 7.05 Å². The summed E-state index contributed by atoms with van der Waals surface area (Å²) >= 11 is 0. The molecule has 0 aliphatic heterocycles. The maximum absolute atomic E-state index is 13.6. The number of carbonyl (C=O) groups excluding carboxylic acids is 1. The van der Waals surface area contributed by atoms with Crippen LogP contribution in [0.25, 0.3) is 32.9 Å². The summed E-state index contributed by atoms with van der Waals surface area (Å²) in [6, 6.07) is 32.2. The van der Waals surface area contributed by atoms with E-state index in [1.807, 2.05) is 85.9 Å². The number of hydrogen-bond acceptors (Lipinski definition) is 1. The van der Waals surface area contributed by atoms with Gasteiger partial charge in [-0.2, -0.15) is 0 Å². The number of nitrogens with one attached hydrogen (secondary N) is 1. The van der Waals surface area contributed by atoms with Gasteiger partial charge in [-0.25, -0.2) is 0 Å². The maximum Gasteiger partial charge on any atom is 0.258 e. The van der Waals surface area contributed by atoms with E-state index in [0.717, 1.165) is 38.6 Å². The molecule has 3 nitrogen and oxygen atoms in total. The van der Waals surface area contributed by atoms with Crippen LogP contribution in [-0.4, -0.2) is 10.5 Å². The van der Waals surface area contributed by atoms with E-state index < -0.39 is 0 Å². The van der Waals surface area contributed by atoms with Crippen molar-refractivity contribution in [3.8, 4) is 11.3 Å². The number of aromatic nitrogens is 1. The smallest absolute Gasteiger partial charge is 0.258 e. The minimum atomic E-state index is -0.1000. The standard InChI is InChI=1S/C26H20N2O/c1-28-23-17-8-7-15-21(23)24(25(28)19-11-3-2-4-12-19)26(29)27-22-16-9-13-18-10-5-6-14-20(18)22/h2-17H,1H3,(H,27,29). The number of para-hydroxylation sites is 1. The Kier molecular flexibility index (Phi) is 4.14. The number of carbonyl (C=O) groups is 1. The third-order valence-corrected chi connectivity index (χ3v) is 5.42.